The van der Waals surface area contributed by atoms with Gasteiger partial charge in [-0.1, -0.05) is 45.1 Å². The van der Waals surface area contributed by atoms with Crippen LogP contribution in [0.2, 0.25) is 0 Å². The standard InChI is InChI=1S/C18H26O3/c1-3-4-5-6-7-8-9-16-14-15(11-13-18(19)20)10-12-17(16)21-2/h10-14H,3-9H2,1-2H3,(H,19,20). The first-order valence-corrected chi connectivity index (χ1v) is 7.75. The van der Waals surface area contributed by atoms with Crippen LogP contribution in [0, 0.1) is 0 Å². The molecule has 0 aliphatic rings. The smallest absolute Gasteiger partial charge is 0.328 e. The lowest BCUT2D eigenvalue weighted by atomic mass is 10.0. The first kappa shape index (κ1) is 17.3. The summed E-state index contributed by atoms with van der Waals surface area (Å²) in [7, 11) is 1.67. The van der Waals surface area contributed by atoms with Crippen LogP contribution < -0.4 is 4.74 Å². The number of unbranched alkanes of at least 4 members (excludes halogenated alkanes) is 5. The minimum Gasteiger partial charge on any atom is -0.496 e. The Morgan fingerprint density at radius 1 is 1.19 bits per heavy atom. The van der Waals surface area contributed by atoms with Gasteiger partial charge in [-0.15, -0.1) is 0 Å². The van der Waals surface area contributed by atoms with Gasteiger partial charge in [-0.05, 0) is 42.2 Å². The Morgan fingerprint density at radius 3 is 2.57 bits per heavy atom. The van der Waals surface area contributed by atoms with E-state index in [4.69, 9.17) is 9.84 Å². The summed E-state index contributed by atoms with van der Waals surface area (Å²) in [5.74, 6) is -0.0423. The summed E-state index contributed by atoms with van der Waals surface area (Å²) in [6.45, 7) is 2.22. The van der Waals surface area contributed by atoms with Gasteiger partial charge in [0.1, 0.15) is 5.75 Å². The maximum Gasteiger partial charge on any atom is 0.328 e. The molecule has 116 valence electrons. The number of hydrogen-bond donors (Lipinski definition) is 1. The van der Waals surface area contributed by atoms with Gasteiger partial charge in [0.25, 0.3) is 0 Å². The number of carboxylic acid groups (broad SMARTS) is 1. The molecule has 0 unspecified atom stereocenters. The summed E-state index contributed by atoms with van der Waals surface area (Å²) in [4.78, 5) is 10.6. The fourth-order valence-corrected chi connectivity index (χ4v) is 2.36. The first-order valence-electron chi connectivity index (χ1n) is 7.75. The molecule has 1 aromatic rings. The molecule has 0 saturated carbocycles. The third-order valence-corrected chi connectivity index (χ3v) is 3.52. The molecule has 0 saturated heterocycles. The van der Waals surface area contributed by atoms with Gasteiger partial charge >= 0.3 is 5.97 Å². The second kappa shape index (κ2) is 10.0. The Hall–Kier alpha value is -1.77. The normalized spacial score (nSPS) is 11.0. The summed E-state index contributed by atoms with van der Waals surface area (Å²) in [6, 6.07) is 5.81. The molecule has 0 atom stereocenters. The zero-order valence-electron chi connectivity index (χ0n) is 13.1. The summed E-state index contributed by atoms with van der Waals surface area (Å²) >= 11 is 0. The van der Waals surface area contributed by atoms with Crippen LogP contribution in [-0.4, -0.2) is 18.2 Å². The maximum absolute atomic E-state index is 10.6. The Labute approximate surface area is 127 Å². The summed E-state index contributed by atoms with van der Waals surface area (Å²) in [6.07, 6.45) is 11.3. The highest BCUT2D eigenvalue weighted by atomic mass is 16.5. The summed E-state index contributed by atoms with van der Waals surface area (Å²) in [5.41, 5.74) is 2.06. The summed E-state index contributed by atoms with van der Waals surface area (Å²) < 4.78 is 5.38. The highest BCUT2D eigenvalue weighted by Crippen LogP contribution is 2.23. The van der Waals surface area contributed by atoms with Gasteiger partial charge in [0.05, 0.1) is 7.11 Å². The SMILES string of the molecule is CCCCCCCCc1cc(C=CC(=O)O)ccc1OC. The third kappa shape index (κ3) is 6.98. The van der Waals surface area contributed by atoms with E-state index in [1.807, 2.05) is 18.2 Å². The van der Waals surface area contributed by atoms with Crippen molar-refractivity contribution in [1.82, 2.24) is 0 Å². The van der Waals surface area contributed by atoms with Crippen molar-refractivity contribution in [3.05, 3.63) is 35.4 Å². The Kier molecular flexibility index (Phi) is 8.25. The van der Waals surface area contributed by atoms with Gasteiger partial charge in [0.2, 0.25) is 0 Å². The number of ether oxygens (including phenoxy) is 1. The van der Waals surface area contributed by atoms with E-state index in [0.29, 0.717) is 0 Å². The number of benzene rings is 1. The van der Waals surface area contributed by atoms with Crippen LogP contribution in [0.5, 0.6) is 5.75 Å². The molecule has 0 amide bonds. The largest absolute Gasteiger partial charge is 0.496 e. The van der Waals surface area contributed by atoms with Crippen LogP contribution in [0.15, 0.2) is 24.3 Å². The molecule has 0 aliphatic heterocycles. The second-order valence-electron chi connectivity index (χ2n) is 5.26. The molecule has 3 heteroatoms. The van der Waals surface area contributed by atoms with Gasteiger partial charge in [-0.25, -0.2) is 4.79 Å². The van der Waals surface area contributed by atoms with Gasteiger partial charge in [0.15, 0.2) is 0 Å². The Bertz CT molecular complexity index is 464. The van der Waals surface area contributed by atoms with Gasteiger partial charge in [0, 0.05) is 6.08 Å². The van der Waals surface area contributed by atoms with E-state index in [1.165, 1.54) is 32.1 Å². The molecule has 0 radical (unpaired) electrons. The number of carbonyl (C=O) groups is 1. The topological polar surface area (TPSA) is 46.5 Å². The molecule has 3 nitrogen and oxygen atoms in total. The number of hydrogen-bond acceptors (Lipinski definition) is 2. The van der Waals surface area contributed by atoms with Crippen LogP contribution in [-0.2, 0) is 11.2 Å². The van der Waals surface area contributed by atoms with Crippen LogP contribution in [0.1, 0.15) is 56.6 Å². The van der Waals surface area contributed by atoms with Crippen molar-refractivity contribution in [3.63, 3.8) is 0 Å². The van der Waals surface area contributed by atoms with E-state index < -0.39 is 5.97 Å². The van der Waals surface area contributed by atoms with Gasteiger partial charge in [-0.2, -0.15) is 0 Å². The minimum absolute atomic E-state index is 0.885. The molecule has 1 aromatic carbocycles. The first-order chi connectivity index (χ1) is 10.2. The average molecular weight is 290 g/mol. The van der Waals surface area contributed by atoms with E-state index in [-0.39, 0.29) is 0 Å². The van der Waals surface area contributed by atoms with Gasteiger partial charge in [-0.3, -0.25) is 0 Å². The molecular weight excluding hydrogens is 264 g/mol. The number of rotatable bonds is 10. The molecule has 1 rings (SSSR count). The van der Waals surface area contributed by atoms with E-state index >= 15 is 0 Å². The predicted octanol–water partition coefficient (Wildman–Crippen LogP) is 4.70. The van der Waals surface area contributed by atoms with Crippen LogP contribution in [0.4, 0.5) is 0 Å². The maximum atomic E-state index is 10.6. The molecule has 0 spiro atoms. The van der Waals surface area contributed by atoms with E-state index in [0.717, 1.165) is 35.8 Å². The molecule has 0 aromatic heterocycles. The molecule has 0 bridgehead atoms. The van der Waals surface area contributed by atoms with Crippen LogP contribution in [0.3, 0.4) is 0 Å². The molecule has 0 fully saturated rings. The Balaban J connectivity index is 2.57. The zero-order valence-corrected chi connectivity index (χ0v) is 13.1. The van der Waals surface area contributed by atoms with Gasteiger partial charge < -0.3 is 9.84 Å². The second-order valence-corrected chi connectivity index (χ2v) is 5.26. The van der Waals surface area contributed by atoms with Crippen molar-refractivity contribution in [2.75, 3.05) is 7.11 Å². The van der Waals surface area contributed by atoms with Crippen molar-refractivity contribution in [2.45, 2.75) is 51.9 Å². The third-order valence-electron chi connectivity index (χ3n) is 3.52. The number of aliphatic carboxylic acids is 1. The van der Waals surface area contributed by atoms with Crippen molar-refractivity contribution >= 4 is 12.0 Å². The lowest BCUT2D eigenvalue weighted by Crippen LogP contribution is -1.94. The van der Waals surface area contributed by atoms with Crippen molar-refractivity contribution in [2.24, 2.45) is 0 Å². The fraction of sp³-hybridized carbons (Fsp3) is 0.500. The minimum atomic E-state index is -0.928. The molecule has 0 aliphatic carbocycles. The number of methoxy groups -OCH3 is 1. The average Bonchev–Trinajstić information content (AvgIpc) is 2.48. The van der Waals surface area contributed by atoms with E-state index in [1.54, 1.807) is 13.2 Å². The molecule has 0 heterocycles. The predicted molar refractivity (Wildman–Crippen MR) is 86.7 cm³/mol. The van der Waals surface area contributed by atoms with E-state index in [2.05, 4.69) is 6.92 Å². The number of aryl methyl sites for hydroxylation is 1. The Morgan fingerprint density at radius 2 is 1.90 bits per heavy atom. The summed E-state index contributed by atoms with van der Waals surface area (Å²) in [5, 5.41) is 8.68. The number of carboxylic acids is 1. The zero-order chi connectivity index (χ0) is 15.5. The lowest BCUT2D eigenvalue weighted by Gasteiger charge is -2.09. The van der Waals surface area contributed by atoms with E-state index in [9.17, 15) is 4.79 Å². The van der Waals surface area contributed by atoms with Crippen molar-refractivity contribution < 1.29 is 14.6 Å². The van der Waals surface area contributed by atoms with Crippen LogP contribution in [0.25, 0.3) is 6.08 Å². The quantitative estimate of drug-likeness (QED) is 0.502. The highest BCUT2D eigenvalue weighted by Gasteiger charge is 2.04. The molecular formula is C18H26O3. The molecule has 1 N–H and O–H groups in total. The highest BCUT2D eigenvalue weighted by molar-refractivity contribution is 5.85. The fourth-order valence-electron chi connectivity index (χ4n) is 2.36. The van der Waals surface area contributed by atoms with Crippen LogP contribution >= 0.6 is 0 Å². The lowest BCUT2D eigenvalue weighted by molar-refractivity contribution is -0.131. The molecule has 21 heavy (non-hydrogen) atoms. The van der Waals surface area contributed by atoms with Crippen molar-refractivity contribution in [1.29, 1.82) is 0 Å². The monoisotopic (exact) mass is 290 g/mol. The van der Waals surface area contributed by atoms with Crippen molar-refractivity contribution in [3.8, 4) is 5.75 Å².